The Morgan fingerprint density at radius 1 is 1.53 bits per heavy atom. The molecule has 1 heterocycles. The van der Waals surface area contributed by atoms with Crippen LogP contribution in [0.15, 0.2) is 5.38 Å². The van der Waals surface area contributed by atoms with Gasteiger partial charge >= 0.3 is 0 Å². The Balaban J connectivity index is 2.40. The molecule has 0 fully saturated rings. The van der Waals surface area contributed by atoms with Crippen molar-refractivity contribution in [2.45, 2.75) is 6.92 Å². The molecule has 0 saturated carbocycles. The van der Waals surface area contributed by atoms with Gasteiger partial charge in [-0.1, -0.05) is 0 Å². The number of nitrogens with two attached hydrogens (primary N) is 1. The first kappa shape index (κ1) is 11.4. The van der Waals surface area contributed by atoms with Crippen LogP contribution in [0.5, 0.6) is 0 Å². The van der Waals surface area contributed by atoms with Gasteiger partial charge in [-0.3, -0.25) is 9.59 Å². The van der Waals surface area contributed by atoms with Gasteiger partial charge in [0.1, 0.15) is 5.69 Å². The summed E-state index contributed by atoms with van der Waals surface area (Å²) in [6, 6.07) is 0. The lowest BCUT2D eigenvalue weighted by Gasteiger charge is -2.02. The molecule has 0 radical (unpaired) electrons. The summed E-state index contributed by atoms with van der Waals surface area (Å²) in [6.07, 6.45) is 0. The molecule has 4 N–H and O–H groups in total. The van der Waals surface area contributed by atoms with Crippen molar-refractivity contribution in [3.63, 3.8) is 0 Å². The molecule has 0 atom stereocenters. The second kappa shape index (κ2) is 5.30. The summed E-state index contributed by atoms with van der Waals surface area (Å²) >= 11 is 1.18. The maximum Gasteiger partial charge on any atom is 0.271 e. The van der Waals surface area contributed by atoms with Gasteiger partial charge in [0.05, 0.1) is 6.54 Å². The minimum atomic E-state index is -0.394. The molecule has 6 nitrogen and oxygen atoms in total. The minimum absolute atomic E-state index is 0.0515. The van der Waals surface area contributed by atoms with Crippen LogP contribution in [0.4, 0.5) is 5.13 Å². The third kappa shape index (κ3) is 3.55. The fourth-order valence-corrected chi connectivity index (χ4v) is 1.45. The largest absolute Gasteiger partial charge is 0.375 e. The van der Waals surface area contributed by atoms with Crippen LogP contribution < -0.4 is 16.4 Å². The van der Waals surface area contributed by atoms with E-state index in [1.165, 1.54) is 11.3 Å². The summed E-state index contributed by atoms with van der Waals surface area (Å²) in [5.74, 6) is -0.622. The smallest absolute Gasteiger partial charge is 0.271 e. The predicted octanol–water partition coefficient (Wildman–Crippen LogP) is -0.409. The number of nitrogen functional groups attached to an aromatic ring is 1. The minimum Gasteiger partial charge on any atom is -0.375 e. The third-order valence-corrected chi connectivity index (χ3v) is 2.21. The molecule has 82 valence electrons. The van der Waals surface area contributed by atoms with Crippen molar-refractivity contribution >= 4 is 28.3 Å². The number of likely N-dealkylation sites (N-methyl/N-ethyl adjacent to an activating group) is 1. The normalized spacial score (nSPS) is 9.67. The summed E-state index contributed by atoms with van der Waals surface area (Å²) in [7, 11) is 0. The van der Waals surface area contributed by atoms with Crippen LogP contribution in [0.3, 0.4) is 0 Å². The first-order valence-corrected chi connectivity index (χ1v) is 5.27. The molecule has 1 aromatic heterocycles. The number of aromatic nitrogens is 1. The fraction of sp³-hybridized carbons (Fsp3) is 0.375. The lowest BCUT2D eigenvalue weighted by Crippen LogP contribution is -2.36. The van der Waals surface area contributed by atoms with E-state index in [9.17, 15) is 9.59 Å². The van der Waals surface area contributed by atoms with E-state index in [1.807, 2.05) is 0 Å². The fourth-order valence-electron chi connectivity index (χ4n) is 0.903. The highest BCUT2D eigenvalue weighted by Gasteiger charge is 2.10. The van der Waals surface area contributed by atoms with Gasteiger partial charge in [-0.2, -0.15) is 0 Å². The average molecular weight is 228 g/mol. The molecule has 0 aliphatic rings. The molecule has 15 heavy (non-hydrogen) atoms. The molecule has 7 heteroatoms. The maximum atomic E-state index is 11.4. The molecule has 0 saturated heterocycles. The van der Waals surface area contributed by atoms with Crippen LogP contribution in [0.2, 0.25) is 0 Å². The summed E-state index contributed by atoms with van der Waals surface area (Å²) in [4.78, 5) is 26.2. The average Bonchev–Trinajstić information content (AvgIpc) is 2.62. The van der Waals surface area contributed by atoms with Gasteiger partial charge in [0, 0.05) is 11.9 Å². The highest BCUT2D eigenvalue weighted by Crippen LogP contribution is 2.10. The van der Waals surface area contributed by atoms with Crippen molar-refractivity contribution in [2.75, 3.05) is 18.8 Å². The Labute approximate surface area is 90.9 Å². The number of carbonyl (C=O) groups excluding carboxylic acids is 2. The van der Waals surface area contributed by atoms with Crippen molar-refractivity contribution in [3.8, 4) is 0 Å². The number of anilines is 1. The number of nitrogens with one attached hydrogen (secondary N) is 2. The van der Waals surface area contributed by atoms with E-state index < -0.39 is 5.91 Å². The third-order valence-electron chi connectivity index (χ3n) is 1.54. The SMILES string of the molecule is CCNC(=O)CNC(=O)c1csc(N)n1. The predicted molar refractivity (Wildman–Crippen MR) is 57.5 cm³/mol. The van der Waals surface area contributed by atoms with Crippen LogP contribution >= 0.6 is 11.3 Å². The van der Waals surface area contributed by atoms with Gasteiger partial charge < -0.3 is 16.4 Å². The van der Waals surface area contributed by atoms with Crippen molar-refractivity contribution in [2.24, 2.45) is 0 Å². The van der Waals surface area contributed by atoms with E-state index in [0.29, 0.717) is 11.7 Å². The van der Waals surface area contributed by atoms with Crippen molar-refractivity contribution < 1.29 is 9.59 Å². The first-order chi connectivity index (χ1) is 7.13. The number of carbonyl (C=O) groups is 2. The molecular formula is C8H12N4O2S. The lowest BCUT2D eigenvalue weighted by atomic mass is 10.4. The Kier molecular flexibility index (Phi) is 4.04. The van der Waals surface area contributed by atoms with Gasteiger partial charge in [-0.25, -0.2) is 4.98 Å². The second-order valence-corrected chi connectivity index (χ2v) is 3.60. The standard InChI is InChI=1S/C8H12N4O2S/c1-2-10-6(13)3-11-7(14)5-4-15-8(9)12-5/h4H,2-3H2,1H3,(H2,9,12)(H,10,13)(H,11,14). The number of rotatable bonds is 4. The van der Waals surface area contributed by atoms with Crippen molar-refractivity contribution in [1.82, 2.24) is 15.6 Å². The van der Waals surface area contributed by atoms with Gasteiger partial charge in [-0.15, -0.1) is 11.3 Å². The van der Waals surface area contributed by atoms with E-state index in [1.54, 1.807) is 12.3 Å². The Hall–Kier alpha value is -1.63. The second-order valence-electron chi connectivity index (χ2n) is 2.71. The topological polar surface area (TPSA) is 97.1 Å². The zero-order valence-electron chi connectivity index (χ0n) is 8.24. The van der Waals surface area contributed by atoms with Gasteiger partial charge in [0.25, 0.3) is 5.91 Å². The monoisotopic (exact) mass is 228 g/mol. The van der Waals surface area contributed by atoms with E-state index in [0.717, 1.165) is 0 Å². The number of hydrogen-bond acceptors (Lipinski definition) is 5. The summed E-state index contributed by atoms with van der Waals surface area (Å²) in [6.45, 7) is 2.29. The lowest BCUT2D eigenvalue weighted by molar-refractivity contribution is -0.120. The van der Waals surface area contributed by atoms with Crippen molar-refractivity contribution in [1.29, 1.82) is 0 Å². The van der Waals surface area contributed by atoms with Crippen LogP contribution in [-0.2, 0) is 4.79 Å². The zero-order valence-corrected chi connectivity index (χ0v) is 9.06. The summed E-state index contributed by atoms with van der Waals surface area (Å²) in [5.41, 5.74) is 5.61. The number of hydrogen-bond donors (Lipinski definition) is 3. The van der Waals surface area contributed by atoms with E-state index in [-0.39, 0.29) is 18.1 Å². The van der Waals surface area contributed by atoms with Crippen LogP contribution in [0, 0.1) is 0 Å². The van der Waals surface area contributed by atoms with E-state index in [4.69, 9.17) is 5.73 Å². The van der Waals surface area contributed by atoms with Gasteiger partial charge in [-0.05, 0) is 6.92 Å². The quantitative estimate of drug-likeness (QED) is 0.652. The number of amides is 2. The molecule has 1 rings (SSSR count). The summed E-state index contributed by atoms with van der Waals surface area (Å²) < 4.78 is 0. The van der Waals surface area contributed by atoms with E-state index in [2.05, 4.69) is 15.6 Å². The Morgan fingerprint density at radius 3 is 2.80 bits per heavy atom. The molecule has 0 bridgehead atoms. The molecular weight excluding hydrogens is 216 g/mol. The highest BCUT2D eigenvalue weighted by atomic mass is 32.1. The number of thiazole rings is 1. The van der Waals surface area contributed by atoms with E-state index >= 15 is 0 Å². The van der Waals surface area contributed by atoms with Gasteiger partial charge in [0.15, 0.2) is 5.13 Å². The molecule has 0 aliphatic heterocycles. The van der Waals surface area contributed by atoms with Crippen molar-refractivity contribution in [3.05, 3.63) is 11.1 Å². The molecule has 0 aliphatic carbocycles. The highest BCUT2D eigenvalue weighted by molar-refractivity contribution is 7.13. The molecule has 1 aromatic rings. The Morgan fingerprint density at radius 2 is 2.27 bits per heavy atom. The first-order valence-electron chi connectivity index (χ1n) is 4.39. The van der Waals surface area contributed by atoms with Gasteiger partial charge in [0.2, 0.25) is 5.91 Å². The zero-order chi connectivity index (χ0) is 11.3. The van der Waals surface area contributed by atoms with Crippen LogP contribution in [0.25, 0.3) is 0 Å². The molecule has 0 aromatic carbocycles. The van der Waals surface area contributed by atoms with Crippen LogP contribution in [-0.4, -0.2) is 29.9 Å². The Bertz CT molecular complexity index is 363. The van der Waals surface area contributed by atoms with Crippen LogP contribution in [0.1, 0.15) is 17.4 Å². The molecule has 2 amide bonds. The maximum absolute atomic E-state index is 11.4. The molecule has 0 spiro atoms. The summed E-state index contributed by atoms with van der Waals surface area (Å²) in [5, 5.41) is 6.87. The number of nitrogens with zero attached hydrogens (tertiary/aromatic N) is 1. The molecule has 0 unspecified atom stereocenters.